The second kappa shape index (κ2) is 7.19. The van der Waals surface area contributed by atoms with Gasteiger partial charge in [-0.2, -0.15) is 0 Å². The molecule has 1 aromatic carbocycles. The zero-order valence-electron chi connectivity index (χ0n) is 11.8. The van der Waals surface area contributed by atoms with Crippen molar-refractivity contribution in [3.8, 4) is 0 Å². The molecule has 0 unspecified atom stereocenters. The molecule has 0 bridgehead atoms. The van der Waals surface area contributed by atoms with Gasteiger partial charge >= 0.3 is 0 Å². The van der Waals surface area contributed by atoms with E-state index in [4.69, 9.17) is 0 Å². The topological polar surface area (TPSA) is 55.6 Å². The molecule has 2 rings (SSSR count). The minimum Gasteiger partial charge on any atom is -0.312 e. The predicted molar refractivity (Wildman–Crippen MR) is 83.6 cm³/mol. The number of aromatic nitrogens is 4. The van der Waals surface area contributed by atoms with E-state index in [0.29, 0.717) is 5.92 Å². The third-order valence-electron chi connectivity index (χ3n) is 2.68. The zero-order chi connectivity index (χ0) is 14.5. The number of halogens is 1. The van der Waals surface area contributed by atoms with E-state index in [-0.39, 0.29) is 0 Å². The number of aryl methyl sites for hydroxylation is 1. The third kappa shape index (κ3) is 4.29. The standard InChI is InChI=1S/C13H18BrN5S/c1-9(2)7-15-8-10-4-5-11(14)6-12(10)20-13-16-17-18-19(13)3/h4-6,9,15H,7-8H2,1-3H3. The highest BCUT2D eigenvalue weighted by Crippen LogP contribution is 2.30. The Labute approximate surface area is 131 Å². The first-order valence-electron chi connectivity index (χ1n) is 6.45. The van der Waals surface area contributed by atoms with Crippen molar-refractivity contribution in [2.24, 2.45) is 13.0 Å². The zero-order valence-corrected chi connectivity index (χ0v) is 14.2. The van der Waals surface area contributed by atoms with Crippen LogP contribution in [-0.2, 0) is 13.6 Å². The second-order valence-corrected chi connectivity index (χ2v) is 6.89. The molecule has 0 aliphatic rings. The lowest BCUT2D eigenvalue weighted by Gasteiger charge is -2.11. The maximum atomic E-state index is 4.02. The van der Waals surface area contributed by atoms with E-state index in [9.17, 15) is 0 Å². The van der Waals surface area contributed by atoms with Crippen molar-refractivity contribution in [2.75, 3.05) is 6.54 Å². The summed E-state index contributed by atoms with van der Waals surface area (Å²) in [6.07, 6.45) is 0. The van der Waals surface area contributed by atoms with Crippen LogP contribution in [0.5, 0.6) is 0 Å². The summed E-state index contributed by atoms with van der Waals surface area (Å²) in [6, 6.07) is 6.29. The number of tetrazole rings is 1. The molecule has 1 N–H and O–H groups in total. The molecule has 1 heterocycles. The van der Waals surface area contributed by atoms with Crippen molar-refractivity contribution in [3.05, 3.63) is 28.2 Å². The molecular formula is C13H18BrN5S. The maximum absolute atomic E-state index is 4.02. The summed E-state index contributed by atoms with van der Waals surface area (Å²) in [6.45, 7) is 6.26. The Morgan fingerprint density at radius 2 is 2.20 bits per heavy atom. The van der Waals surface area contributed by atoms with Gasteiger partial charge in [0.25, 0.3) is 0 Å². The van der Waals surface area contributed by atoms with Gasteiger partial charge in [-0.25, -0.2) is 4.68 Å². The van der Waals surface area contributed by atoms with E-state index >= 15 is 0 Å². The van der Waals surface area contributed by atoms with Crippen LogP contribution in [0.1, 0.15) is 19.4 Å². The molecule has 108 valence electrons. The Morgan fingerprint density at radius 1 is 1.40 bits per heavy atom. The molecule has 7 heteroatoms. The molecule has 5 nitrogen and oxygen atoms in total. The number of hydrogen-bond acceptors (Lipinski definition) is 5. The van der Waals surface area contributed by atoms with Crippen molar-refractivity contribution in [2.45, 2.75) is 30.4 Å². The van der Waals surface area contributed by atoms with E-state index in [1.165, 1.54) is 5.56 Å². The molecular weight excluding hydrogens is 338 g/mol. The Morgan fingerprint density at radius 3 is 2.85 bits per heavy atom. The fourth-order valence-electron chi connectivity index (χ4n) is 1.67. The highest BCUT2D eigenvalue weighted by Gasteiger charge is 2.10. The summed E-state index contributed by atoms with van der Waals surface area (Å²) < 4.78 is 2.74. The van der Waals surface area contributed by atoms with Gasteiger partial charge in [-0.3, -0.25) is 0 Å². The van der Waals surface area contributed by atoms with E-state index in [0.717, 1.165) is 27.6 Å². The van der Waals surface area contributed by atoms with Crippen molar-refractivity contribution in [1.82, 2.24) is 25.5 Å². The Kier molecular flexibility index (Phi) is 5.56. The quantitative estimate of drug-likeness (QED) is 0.863. The summed E-state index contributed by atoms with van der Waals surface area (Å²) >= 11 is 5.10. The summed E-state index contributed by atoms with van der Waals surface area (Å²) in [7, 11) is 1.84. The number of rotatable bonds is 6. The highest BCUT2D eigenvalue weighted by molar-refractivity contribution is 9.10. The Bertz CT molecular complexity index is 570. The molecule has 0 fully saturated rings. The molecule has 2 aromatic rings. The summed E-state index contributed by atoms with van der Waals surface area (Å²) in [4.78, 5) is 1.16. The van der Waals surface area contributed by atoms with Gasteiger partial charge < -0.3 is 5.32 Å². The first-order valence-corrected chi connectivity index (χ1v) is 8.06. The van der Waals surface area contributed by atoms with Gasteiger partial charge in [0, 0.05) is 23.0 Å². The summed E-state index contributed by atoms with van der Waals surface area (Å²) in [5.41, 5.74) is 1.25. The van der Waals surface area contributed by atoms with Crippen LogP contribution < -0.4 is 5.32 Å². The van der Waals surface area contributed by atoms with Gasteiger partial charge in [0.2, 0.25) is 5.16 Å². The fraction of sp³-hybridized carbons (Fsp3) is 0.462. The normalized spacial score (nSPS) is 11.2. The lowest BCUT2D eigenvalue weighted by molar-refractivity contribution is 0.550. The van der Waals surface area contributed by atoms with E-state index < -0.39 is 0 Å². The van der Waals surface area contributed by atoms with Crippen molar-refractivity contribution in [3.63, 3.8) is 0 Å². The van der Waals surface area contributed by atoms with Crippen LogP contribution in [0, 0.1) is 5.92 Å². The van der Waals surface area contributed by atoms with Crippen molar-refractivity contribution >= 4 is 27.7 Å². The van der Waals surface area contributed by atoms with Gasteiger partial charge in [0.05, 0.1) is 0 Å². The van der Waals surface area contributed by atoms with E-state index in [1.807, 2.05) is 7.05 Å². The Hall–Kier alpha value is -0.920. The number of benzene rings is 1. The molecule has 0 spiro atoms. The smallest absolute Gasteiger partial charge is 0.213 e. The highest BCUT2D eigenvalue weighted by atomic mass is 79.9. The molecule has 0 aliphatic carbocycles. The fourth-order valence-corrected chi connectivity index (χ4v) is 3.08. The van der Waals surface area contributed by atoms with Gasteiger partial charge in [-0.1, -0.05) is 35.8 Å². The molecule has 0 saturated heterocycles. The maximum Gasteiger partial charge on any atom is 0.213 e. The first kappa shape index (κ1) is 15.5. The number of hydrogen-bond donors (Lipinski definition) is 1. The number of nitrogens with one attached hydrogen (secondary N) is 1. The SMILES string of the molecule is CC(C)CNCc1ccc(Br)cc1Sc1nnnn1C. The molecule has 0 atom stereocenters. The van der Waals surface area contributed by atoms with Gasteiger partial charge in [-0.05, 0) is 52.3 Å². The lowest BCUT2D eigenvalue weighted by Crippen LogP contribution is -2.19. The van der Waals surface area contributed by atoms with E-state index in [1.54, 1.807) is 16.4 Å². The van der Waals surface area contributed by atoms with Gasteiger partial charge in [0.15, 0.2) is 0 Å². The van der Waals surface area contributed by atoms with Crippen LogP contribution in [0.2, 0.25) is 0 Å². The predicted octanol–water partition coefficient (Wildman–Crippen LogP) is 2.87. The summed E-state index contributed by atoms with van der Waals surface area (Å²) in [5.74, 6) is 0.643. The van der Waals surface area contributed by atoms with Crippen LogP contribution in [0.4, 0.5) is 0 Å². The average Bonchev–Trinajstić information content (AvgIpc) is 2.77. The van der Waals surface area contributed by atoms with Crippen LogP contribution in [-0.4, -0.2) is 26.8 Å². The molecule has 1 aromatic heterocycles. The molecule has 0 amide bonds. The van der Waals surface area contributed by atoms with Crippen LogP contribution in [0.25, 0.3) is 0 Å². The second-order valence-electron chi connectivity index (χ2n) is 4.96. The van der Waals surface area contributed by atoms with Crippen LogP contribution in [0.3, 0.4) is 0 Å². The molecule has 20 heavy (non-hydrogen) atoms. The van der Waals surface area contributed by atoms with Crippen LogP contribution in [0.15, 0.2) is 32.7 Å². The summed E-state index contributed by atoms with van der Waals surface area (Å²) in [5, 5.41) is 15.8. The Balaban J connectivity index is 2.13. The average molecular weight is 356 g/mol. The molecule has 0 radical (unpaired) electrons. The lowest BCUT2D eigenvalue weighted by atomic mass is 10.2. The number of nitrogens with zero attached hydrogens (tertiary/aromatic N) is 4. The molecule has 0 aliphatic heterocycles. The van der Waals surface area contributed by atoms with E-state index in [2.05, 4.69) is 68.8 Å². The van der Waals surface area contributed by atoms with Crippen LogP contribution >= 0.6 is 27.7 Å². The molecule has 0 saturated carbocycles. The minimum absolute atomic E-state index is 0.643. The largest absolute Gasteiger partial charge is 0.312 e. The third-order valence-corrected chi connectivity index (χ3v) is 4.30. The van der Waals surface area contributed by atoms with Gasteiger partial charge in [0.1, 0.15) is 0 Å². The van der Waals surface area contributed by atoms with Crippen molar-refractivity contribution in [1.29, 1.82) is 0 Å². The van der Waals surface area contributed by atoms with Gasteiger partial charge in [-0.15, -0.1) is 5.10 Å². The monoisotopic (exact) mass is 355 g/mol. The minimum atomic E-state index is 0.643. The first-order chi connectivity index (χ1) is 9.56. The van der Waals surface area contributed by atoms with Crippen molar-refractivity contribution < 1.29 is 0 Å².